The molecule has 4 aliphatic rings. The van der Waals surface area contributed by atoms with Gasteiger partial charge in [0.05, 0.1) is 12.1 Å². The van der Waals surface area contributed by atoms with Crippen molar-refractivity contribution in [3.05, 3.63) is 23.9 Å². The van der Waals surface area contributed by atoms with Gasteiger partial charge in [0.1, 0.15) is 11.9 Å². The average Bonchev–Trinajstić information content (AvgIpc) is 2.78. The van der Waals surface area contributed by atoms with Crippen molar-refractivity contribution in [1.29, 1.82) is 5.26 Å². The van der Waals surface area contributed by atoms with Crippen LogP contribution in [0.1, 0.15) is 37.7 Å². The fourth-order valence-electron chi connectivity index (χ4n) is 5.14. The number of amides is 1. The summed E-state index contributed by atoms with van der Waals surface area (Å²) in [5, 5.41) is 8.86. The maximum absolute atomic E-state index is 12.9. The Morgan fingerprint density at radius 2 is 1.96 bits per heavy atom. The molecule has 4 fully saturated rings. The number of carbonyl (C=O) groups excluding carboxylic acids is 1. The number of likely N-dealkylation sites (N-methyl/N-ethyl adjacent to an activating group) is 1. The zero-order chi connectivity index (χ0) is 16.7. The van der Waals surface area contributed by atoms with Gasteiger partial charge in [0.15, 0.2) is 0 Å². The first-order chi connectivity index (χ1) is 11.6. The third kappa shape index (κ3) is 2.86. The minimum Gasteiger partial charge on any atom is -0.350 e. The molecule has 2 aliphatic carbocycles. The summed E-state index contributed by atoms with van der Waals surface area (Å²) >= 11 is 0. The molecule has 1 aromatic heterocycles. The molecule has 1 aromatic rings. The van der Waals surface area contributed by atoms with E-state index in [9.17, 15) is 4.79 Å². The van der Waals surface area contributed by atoms with Gasteiger partial charge in [0, 0.05) is 25.8 Å². The molecular weight excluding hydrogens is 300 g/mol. The van der Waals surface area contributed by atoms with E-state index in [1.807, 2.05) is 18.0 Å². The highest BCUT2D eigenvalue weighted by atomic mass is 16.2. The van der Waals surface area contributed by atoms with Gasteiger partial charge in [0.2, 0.25) is 5.91 Å². The minimum absolute atomic E-state index is 0.224. The topological polar surface area (TPSA) is 60.2 Å². The second kappa shape index (κ2) is 6.08. The van der Waals surface area contributed by atoms with E-state index in [0.717, 1.165) is 24.2 Å². The molecule has 1 amide bonds. The molecule has 2 atom stereocenters. The van der Waals surface area contributed by atoms with Gasteiger partial charge in [-0.15, -0.1) is 0 Å². The number of carbonyl (C=O) groups is 1. The fourth-order valence-corrected chi connectivity index (χ4v) is 5.14. The Morgan fingerprint density at radius 3 is 2.58 bits per heavy atom. The summed E-state index contributed by atoms with van der Waals surface area (Å²) in [4.78, 5) is 21.3. The number of rotatable bonds is 3. The van der Waals surface area contributed by atoms with Gasteiger partial charge >= 0.3 is 0 Å². The Bertz CT molecular complexity index is 651. The molecule has 5 rings (SSSR count). The summed E-state index contributed by atoms with van der Waals surface area (Å²) in [6, 6.07) is 6.08. The molecule has 3 heterocycles. The second-order valence-corrected chi connectivity index (χ2v) is 7.85. The van der Waals surface area contributed by atoms with Crippen LogP contribution in [0.2, 0.25) is 0 Å². The van der Waals surface area contributed by atoms with Crippen LogP contribution in [-0.4, -0.2) is 42.0 Å². The molecular formula is C19H24N4O. The van der Waals surface area contributed by atoms with Crippen LogP contribution in [0.3, 0.4) is 0 Å². The van der Waals surface area contributed by atoms with Gasteiger partial charge < -0.3 is 9.80 Å². The van der Waals surface area contributed by atoms with Crippen molar-refractivity contribution in [3.63, 3.8) is 0 Å². The first-order valence-electron chi connectivity index (χ1n) is 8.99. The molecule has 0 spiro atoms. The van der Waals surface area contributed by atoms with Crippen molar-refractivity contribution in [2.24, 2.45) is 17.8 Å². The number of anilines is 1. The molecule has 0 radical (unpaired) electrons. The first kappa shape index (κ1) is 15.4. The first-order valence-corrected chi connectivity index (χ1v) is 8.99. The van der Waals surface area contributed by atoms with Gasteiger partial charge in [-0.3, -0.25) is 4.79 Å². The Balaban J connectivity index is 1.44. The molecule has 5 nitrogen and oxygen atoms in total. The van der Waals surface area contributed by atoms with E-state index in [0.29, 0.717) is 24.1 Å². The van der Waals surface area contributed by atoms with Crippen molar-refractivity contribution < 1.29 is 4.79 Å². The second-order valence-electron chi connectivity index (χ2n) is 7.85. The molecule has 2 saturated heterocycles. The van der Waals surface area contributed by atoms with Crippen molar-refractivity contribution in [1.82, 2.24) is 9.88 Å². The van der Waals surface area contributed by atoms with Gasteiger partial charge in [-0.25, -0.2) is 4.98 Å². The third-order valence-corrected chi connectivity index (χ3v) is 6.07. The van der Waals surface area contributed by atoms with Crippen LogP contribution in [-0.2, 0) is 4.79 Å². The van der Waals surface area contributed by atoms with E-state index >= 15 is 0 Å². The summed E-state index contributed by atoms with van der Waals surface area (Å²) in [6.07, 6.45) is 8.01. The lowest BCUT2D eigenvalue weighted by molar-refractivity contribution is -0.132. The maximum Gasteiger partial charge on any atom is 0.242 e. The summed E-state index contributed by atoms with van der Waals surface area (Å²) in [7, 11) is 1.90. The van der Waals surface area contributed by atoms with E-state index in [-0.39, 0.29) is 5.91 Å². The highest BCUT2D eigenvalue weighted by molar-refractivity contribution is 5.81. The van der Waals surface area contributed by atoms with E-state index in [4.69, 9.17) is 5.26 Å². The molecule has 2 aliphatic heterocycles. The number of hydrogen-bond acceptors (Lipinski definition) is 4. The van der Waals surface area contributed by atoms with Gasteiger partial charge in [-0.2, -0.15) is 5.26 Å². The lowest BCUT2D eigenvalue weighted by Crippen LogP contribution is -2.46. The van der Waals surface area contributed by atoms with Crippen LogP contribution in [0.5, 0.6) is 0 Å². The normalized spacial score (nSPS) is 30.8. The number of fused-ring (bicyclic) bond motifs is 1. The van der Waals surface area contributed by atoms with Crippen LogP contribution in [0, 0.1) is 29.1 Å². The maximum atomic E-state index is 12.9. The van der Waals surface area contributed by atoms with Gasteiger partial charge in [-0.05, 0) is 62.0 Å². The van der Waals surface area contributed by atoms with E-state index in [2.05, 4.69) is 16.0 Å². The molecule has 0 N–H and O–H groups in total. The quantitative estimate of drug-likeness (QED) is 0.857. The molecule has 2 saturated carbocycles. The predicted molar refractivity (Wildman–Crippen MR) is 91.3 cm³/mol. The van der Waals surface area contributed by atoms with E-state index in [1.54, 1.807) is 12.3 Å². The number of pyridine rings is 1. The van der Waals surface area contributed by atoms with Gasteiger partial charge in [-0.1, -0.05) is 0 Å². The lowest BCUT2D eigenvalue weighted by atomic mass is 9.68. The smallest absolute Gasteiger partial charge is 0.242 e. The highest BCUT2D eigenvalue weighted by Crippen LogP contribution is 2.47. The third-order valence-electron chi connectivity index (χ3n) is 6.07. The number of aromatic nitrogens is 1. The Morgan fingerprint density at radius 1 is 1.25 bits per heavy atom. The van der Waals surface area contributed by atoms with Crippen LogP contribution in [0.15, 0.2) is 18.3 Å². The fraction of sp³-hybridized carbons (Fsp3) is 0.632. The average molecular weight is 324 g/mol. The lowest BCUT2D eigenvalue weighted by Gasteiger charge is -2.39. The monoisotopic (exact) mass is 324 g/mol. The highest BCUT2D eigenvalue weighted by Gasteiger charge is 2.43. The molecule has 0 aromatic carbocycles. The van der Waals surface area contributed by atoms with Crippen LogP contribution in [0.4, 0.5) is 5.82 Å². The SMILES string of the molecule is CN(CC(=O)N1CC2CC3CC(C2)CC1C3)c1ccc(C#N)cn1. The van der Waals surface area contributed by atoms with Crippen LogP contribution in [0.25, 0.3) is 0 Å². The molecule has 4 bridgehead atoms. The molecule has 24 heavy (non-hydrogen) atoms. The van der Waals surface area contributed by atoms with Crippen molar-refractivity contribution in [2.75, 3.05) is 25.0 Å². The van der Waals surface area contributed by atoms with Crippen LogP contribution >= 0.6 is 0 Å². The largest absolute Gasteiger partial charge is 0.350 e. The van der Waals surface area contributed by atoms with Gasteiger partial charge in [0.25, 0.3) is 0 Å². The molecule has 2 unspecified atom stereocenters. The molecule has 5 heteroatoms. The van der Waals surface area contributed by atoms with Crippen LogP contribution < -0.4 is 4.90 Å². The Labute approximate surface area is 143 Å². The minimum atomic E-state index is 0.224. The van der Waals surface area contributed by atoms with Crippen molar-refractivity contribution in [3.8, 4) is 6.07 Å². The summed E-state index contributed by atoms with van der Waals surface area (Å²) < 4.78 is 0. The summed E-state index contributed by atoms with van der Waals surface area (Å²) in [5.41, 5.74) is 0.541. The summed E-state index contributed by atoms with van der Waals surface area (Å²) in [5.74, 6) is 3.37. The number of nitriles is 1. The van der Waals surface area contributed by atoms with E-state index < -0.39 is 0 Å². The van der Waals surface area contributed by atoms with Crippen molar-refractivity contribution >= 4 is 11.7 Å². The standard InChI is InChI=1S/C19H24N4O/c1-22(18-3-2-13(9-20)10-21-18)12-19(24)23-11-16-5-14-4-15(6-16)8-17(23)7-14/h2-3,10,14-17H,4-8,11-12H2,1H3. The Kier molecular flexibility index (Phi) is 3.91. The zero-order valence-electron chi connectivity index (χ0n) is 14.2. The van der Waals surface area contributed by atoms with E-state index in [1.165, 1.54) is 32.1 Å². The Hall–Kier alpha value is -2.09. The summed E-state index contributed by atoms with van der Waals surface area (Å²) in [6.45, 7) is 1.31. The number of hydrogen-bond donors (Lipinski definition) is 0. The number of nitrogens with zero attached hydrogens (tertiary/aromatic N) is 4. The predicted octanol–water partition coefficient (Wildman–Crippen LogP) is 2.43. The zero-order valence-corrected chi connectivity index (χ0v) is 14.2. The molecule has 126 valence electrons. The van der Waals surface area contributed by atoms with Crippen molar-refractivity contribution in [2.45, 2.75) is 38.1 Å².